The molecule has 0 atom stereocenters. The Labute approximate surface area is 112 Å². The van der Waals surface area contributed by atoms with Crippen LogP contribution in [0.4, 0.5) is 4.39 Å². The number of halogens is 2. The summed E-state index contributed by atoms with van der Waals surface area (Å²) in [5, 5.41) is 3.78. The Morgan fingerprint density at radius 2 is 1.94 bits per heavy atom. The minimum atomic E-state index is -0.220. The molecule has 1 nitrogen and oxygen atoms in total. The zero-order valence-corrected chi connectivity index (χ0v) is 11.2. The molecule has 18 heavy (non-hydrogen) atoms. The smallest absolute Gasteiger partial charge is 0.123 e. The fraction of sp³-hybridized carbons (Fsp3) is 0.200. The van der Waals surface area contributed by atoms with Crippen molar-refractivity contribution in [1.82, 2.24) is 5.32 Å². The van der Waals surface area contributed by atoms with E-state index in [0.717, 1.165) is 27.3 Å². The molecule has 0 aromatic heterocycles. The van der Waals surface area contributed by atoms with E-state index in [9.17, 15) is 4.39 Å². The van der Waals surface area contributed by atoms with Crippen LogP contribution in [0.2, 0.25) is 5.02 Å². The molecule has 0 saturated carbocycles. The summed E-state index contributed by atoms with van der Waals surface area (Å²) in [5.41, 5.74) is 3.98. The van der Waals surface area contributed by atoms with Crippen molar-refractivity contribution in [3.63, 3.8) is 0 Å². The number of rotatable bonds is 3. The Balaban J connectivity index is 2.51. The van der Waals surface area contributed by atoms with Crippen LogP contribution in [-0.4, -0.2) is 7.05 Å². The number of hydrogen-bond acceptors (Lipinski definition) is 1. The highest BCUT2D eigenvalue weighted by atomic mass is 35.5. The summed E-state index contributed by atoms with van der Waals surface area (Å²) < 4.78 is 13.3. The van der Waals surface area contributed by atoms with Gasteiger partial charge in [0.25, 0.3) is 0 Å². The molecular weight excluding hydrogens is 249 g/mol. The highest BCUT2D eigenvalue weighted by Gasteiger charge is 2.07. The van der Waals surface area contributed by atoms with Gasteiger partial charge in [-0.15, -0.1) is 0 Å². The quantitative estimate of drug-likeness (QED) is 0.876. The van der Waals surface area contributed by atoms with Gasteiger partial charge in [-0.1, -0.05) is 29.8 Å². The van der Waals surface area contributed by atoms with Crippen LogP contribution in [0.1, 0.15) is 11.1 Å². The van der Waals surface area contributed by atoms with Gasteiger partial charge in [0.15, 0.2) is 0 Å². The summed E-state index contributed by atoms with van der Waals surface area (Å²) in [5.74, 6) is -0.220. The largest absolute Gasteiger partial charge is 0.316 e. The molecule has 0 aliphatic carbocycles. The third-order valence-electron chi connectivity index (χ3n) is 2.92. The second kappa shape index (κ2) is 5.51. The maximum atomic E-state index is 13.3. The number of aryl methyl sites for hydroxylation is 1. The third-order valence-corrected chi connectivity index (χ3v) is 3.32. The second-order valence-corrected chi connectivity index (χ2v) is 4.70. The van der Waals surface area contributed by atoms with Gasteiger partial charge < -0.3 is 5.32 Å². The van der Waals surface area contributed by atoms with Gasteiger partial charge in [0.1, 0.15) is 5.82 Å². The van der Waals surface area contributed by atoms with E-state index in [2.05, 4.69) is 5.32 Å². The van der Waals surface area contributed by atoms with E-state index >= 15 is 0 Å². The molecule has 1 N–H and O–H groups in total. The lowest BCUT2D eigenvalue weighted by Gasteiger charge is -2.11. The predicted octanol–water partition coefficient (Wildman–Crippen LogP) is 4.17. The van der Waals surface area contributed by atoms with Crippen molar-refractivity contribution < 1.29 is 4.39 Å². The van der Waals surface area contributed by atoms with Gasteiger partial charge in [-0.25, -0.2) is 4.39 Å². The van der Waals surface area contributed by atoms with Crippen molar-refractivity contribution >= 4 is 11.6 Å². The highest BCUT2D eigenvalue weighted by molar-refractivity contribution is 6.31. The topological polar surface area (TPSA) is 12.0 Å². The van der Waals surface area contributed by atoms with E-state index in [0.29, 0.717) is 6.54 Å². The van der Waals surface area contributed by atoms with Crippen LogP contribution in [0, 0.1) is 12.7 Å². The van der Waals surface area contributed by atoms with Crippen LogP contribution in [0.3, 0.4) is 0 Å². The molecule has 0 unspecified atom stereocenters. The minimum Gasteiger partial charge on any atom is -0.316 e. The lowest BCUT2D eigenvalue weighted by atomic mass is 9.98. The van der Waals surface area contributed by atoms with Crippen molar-refractivity contribution in [1.29, 1.82) is 0 Å². The van der Waals surface area contributed by atoms with E-state index in [1.807, 2.05) is 32.2 Å². The first-order chi connectivity index (χ1) is 8.61. The zero-order valence-electron chi connectivity index (χ0n) is 10.4. The summed E-state index contributed by atoms with van der Waals surface area (Å²) >= 11 is 6.13. The maximum absolute atomic E-state index is 13.3. The van der Waals surface area contributed by atoms with Crippen molar-refractivity contribution in [2.24, 2.45) is 0 Å². The normalized spacial score (nSPS) is 10.7. The molecular formula is C15H15ClFN. The summed E-state index contributed by atoms with van der Waals surface area (Å²) in [6.45, 7) is 2.59. The Bertz CT molecular complexity index is 566. The van der Waals surface area contributed by atoms with Crippen molar-refractivity contribution in [3.8, 4) is 11.1 Å². The maximum Gasteiger partial charge on any atom is 0.123 e. The molecule has 0 spiro atoms. The molecule has 3 heteroatoms. The van der Waals surface area contributed by atoms with E-state index in [1.54, 1.807) is 12.1 Å². The lowest BCUT2D eigenvalue weighted by molar-refractivity contribution is 0.624. The van der Waals surface area contributed by atoms with Crippen LogP contribution in [0.15, 0.2) is 36.4 Å². The van der Waals surface area contributed by atoms with Gasteiger partial charge in [0, 0.05) is 11.6 Å². The van der Waals surface area contributed by atoms with Crippen molar-refractivity contribution in [2.45, 2.75) is 13.5 Å². The third kappa shape index (κ3) is 2.71. The van der Waals surface area contributed by atoms with Gasteiger partial charge >= 0.3 is 0 Å². The lowest BCUT2D eigenvalue weighted by Crippen LogP contribution is -2.06. The Morgan fingerprint density at radius 1 is 1.17 bits per heavy atom. The number of nitrogens with one attached hydrogen (secondary N) is 1. The molecule has 0 aliphatic rings. The Morgan fingerprint density at radius 3 is 2.61 bits per heavy atom. The van der Waals surface area contributed by atoms with Gasteiger partial charge in [-0.05, 0) is 54.4 Å². The highest BCUT2D eigenvalue weighted by Crippen LogP contribution is 2.28. The summed E-state index contributed by atoms with van der Waals surface area (Å²) in [4.78, 5) is 0. The van der Waals surface area contributed by atoms with Crippen LogP contribution in [0.5, 0.6) is 0 Å². The summed E-state index contributed by atoms with van der Waals surface area (Å²) in [6.07, 6.45) is 0. The monoisotopic (exact) mass is 263 g/mol. The molecule has 2 aromatic rings. The van der Waals surface area contributed by atoms with Gasteiger partial charge in [-0.3, -0.25) is 0 Å². The Kier molecular flexibility index (Phi) is 4.00. The first-order valence-electron chi connectivity index (χ1n) is 5.81. The fourth-order valence-corrected chi connectivity index (χ4v) is 2.12. The molecule has 0 fully saturated rings. The van der Waals surface area contributed by atoms with Gasteiger partial charge in [0.2, 0.25) is 0 Å². The van der Waals surface area contributed by atoms with E-state index in [1.165, 1.54) is 6.07 Å². The van der Waals surface area contributed by atoms with Gasteiger partial charge in [0.05, 0.1) is 0 Å². The molecule has 0 aliphatic heterocycles. The van der Waals surface area contributed by atoms with E-state index in [4.69, 9.17) is 11.6 Å². The second-order valence-electron chi connectivity index (χ2n) is 4.30. The molecule has 0 heterocycles. The van der Waals surface area contributed by atoms with E-state index in [-0.39, 0.29) is 5.82 Å². The average Bonchev–Trinajstić information content (AvgIpc) is 2.34. The van der Waals surface area contributed by atoms with E-state index < -0.39 is 0 Å². The molecule has 0 radical (unpaired) electrons. The zero-order chi connectivity index (χ0) is 13.1. The summed E-state index contributed by atoms with van der Waals surface area (Å²) in [6, 6.07) is 10.7. The molecule has 0 bridgehead atoms. The van der Waals surface area contributed by atoms with Crippen molar-refractivity contribution in [2.75, 3.05) is 7.05 Å². The minimum absolute atomic E-state index is 0.220. The molecule has 0 amide bonds. The first kappa shape index (κ1) is 13.1. The first-order valence-corrected chi connectivity index (χ1v) is 6.19. The number of hydrogen-bond donors (Lipinski definition) is 1. The molecule has 2 aromatic carbocycles. The number of benzene rings is 2. The van der Waals surface area contributed by atoms with Crippen LogP contribution < -0.4 is 5.32 Å². The summed E-state index contributed by atoms with van der Waals surface area (Å²) in [7, 11) is 1.84. The fourth-order valence-electron chi connectivity index (χ4n) is 1.94. The SMILES string of the molecule is CNCc1cc(F)ccc1-c1ccc(C)c(Cl)c1. The molecule has 2 rings (SSSR count). The van der Waals surface area contributed by atoms with Crippen LogP contribution in [-0.2, 0) is 6.54 Å². The molecule has 94 valence electrons. The molecule has 0 saturated heterocycles. The Hall–Kier alpha value is -1.38. The van der Waals surface area contributed by atoms with Crippen LogP contribution >= 0.6 is 11.6 Å². The average molecular weight is 264 g/mol. The van der Waals surface area contributed by atoms with Crippen molar-refractivity contribution in [3.05, 3.63) is 58.4 Å². The van der Waals surface area contributed by atoms with Gasteiger partial charge in [-0.2, -0.15) is 0 Å². The van der Waals surface area contributed by atoms with Crippen LogP contribution in [0.25, 0.3) is 11.1 Å². The predicted molar refractivity (Wildman–Crippen MR) is 74.3 cm³/mol. The standard InChI is InChI=1S/C15H15ClFN/c1-10-3-4-11(8-15(10)16)14-6-5-13(17)7-12(14)9-18-2/h3-8,18H,9H2,1-2H3.